The molecule has 1 aliphatic heterocycles. The highest BCUT2D eigenvalue weighted by Crippen LogP contribution is 2.69. The molecule has 3 aliphatic carbocycles. The third-order valence-electron chi connectivity index (χ3n) is 10.6. The van der Waals surface area contributed by atoms with E-state index in [0.29, 0.717) is 43.2 Å². The molecular formula is C27H43NO8S2. The SMILES string of the molecule is CC1(C)CCC[C@]2(C)[C@H]3CC/C(=C\OS(=O)(=O)O)[C@H](CCC4=CCN(CCS(=O)(=O)O)C4=O)[C@@]3(C)CC[C@@H]12. The molecule has 4 rings (SSSR count). The van der Waals surface area contributed by atoms with Crippen LogP contribution in [0.25, 0.3) is 0 Å². The molecule has 0 aromatic heterocycles. The van der Waals surface area contributed by atoms with Crippen molar-refractivity contribution in [2.24, 2.45) is 34.0 Å². The van der Waals surface area contributed by atoms with Gasteiger partial charge in [0.1, 0.15) is 6.26 Å². The van der Waals surface area contributed by atoms with Crippen molar-refractivity contribution < 1.29 is 34.9 Å². The summed E-state index contributed by atoms with van der Waals surface area (Å²) in [5.74, 6) is 0.318. The van der Waals surface area contributed by atoms with Crippen LogP contribution in [0.3, 0.4) is 0 Å². The highest BCUT2D eigenvalue weighted by molar-refractivity contribution is 7.85. The average Bonchev–Trinajstić information content (AvgIpc) is 3.12. The number of carbonyl (C=O) groups is 1. The molecule has 3 saturated carbocycles. The van der Waals surface area contributed by atoms with Crippen molar-refractivity contribution in [2.45, 2.75) is 85.5 Å². The van der Waals surface area contributed by atoms with Crippen molar-refractivity contribution in [2.75, 3.05) is 18.8 Å². The number of nitrogens with zero attached hydrogens (tertiary/aromatic N) is 1. The van der Waals surface area contributed by atoms with Crippen LogP contribution in [0.1, 0.15) is 85.5 Å². The van der Waals surface area contributed by atoms with Gasteiger partial charge in [0.2, 0.25) is 5.91 Å². The van der Waals surface area contributed by atoms with E-state index in [4.69, 9.17) is 8.74 Å². The summed E-state index contributed by atoms with van der Waals surface area (Å²) in [6, 6.07) is 0. The fraction of sp³-hybridized carbons (Fsp3) is 0.815. The second kappa shape index (κ2) is 10.2. The van der Waals surface area contributed by atoms with Crippen LogP contribution in [-0.4, -0.2) is 55.6 Å². The van der Waals surface area contributed by atoms with E-state index in [9.17, 15) is 26.2 Å². The van der Waals surface area contributed by atoms with E-state index in [2.05, 4.69) is 27.7 Å². The number of hydrogen-bond donors (Lipinski definition) is 2. The minimum absolute atomic E-state index is 0.0219. The van der Waals surface area contributed by atoms with Gasteiger partial charge in [0, 0.05) is 18.7 Å². The second-order valence-corrected chi connectivity index (χ2v) is 15.7. The largest absolute Gasteiger partial charge is 0.445 e. The van der Waals surface area contributed by atoms with Crippen LogP contribution in [0.2, 0.25) is 0 Å². The molecule has 216 valence electrons. The predicted molar refractivity (Wildman–Crippen MR) is 144 cm³/mol. The summed E-state index contributed by atoms with van der Waals surface area (Å²) in [5, 5.41) is 0. The zero-order valence-electron chi connectivity index (χ0n) is 23.0. The molecule has 1 heterocycles. The third-order valence-corrected chi connectivity index (χ3v) is 11.6. The van der Waals surface area contributed by atoms with Gasteiger partial charge in [0.05, 0.1) is 5.75 Å². The van der Waals surface area contributed by atoms with Crippen LogP contribution in [0.5, 0.6) is 0 Å². The number of hydrogen-bond acceptors (Lipinski definition) is 6. The summed E-state index contributed by atoms with van der Waals surface area (Å²) in [6.07, 6.45) is 11.5. The molecule has 11 heteroatoms. The normalized spacial score (nSPS) is 36.5. The first-order chi connectivity index (χ1) is 17.5. The smallest absolute Gasteiger partial charge is 0.370 e. The van der Waals surface area contributed by atoms with Crippen LogP contribution >= 0.6 is 0 Å². The molecule has 0 radical (unpaired) electrons. The molecule has 0 spiro atoms. The van der Waals surface area contributed by atoms with Crippen molar-refractivity contribution in [3.63, 3.8) is 0 Å². The monoisotopic (exact) mass is 573 g/mol. The van der Waals surface area contributed by atoms with E-state index in [1.807, 2.05) is 6.08 Å². The predicted octanol–water partition coefficient (Wildman–Crippen LogP) is 4.79. The first kappa shape index (κ1) is 29.6. The Kier molecular flexibility index (Phi) is 7.93. The van der Waals surface area contributed by atoms with Crippen molar-refractivity contribution in [3.8, 4) is 0 Å². The Labute approximate surface area is 227 Å². The number of fused-ring (bicyclic) bond motifs is 3. The molecule has 5 atom stereocenters. The lowest BCUT2D eigenvalue weighted by atomic mass is 9.39. The molecule has 3 fully saturated rings. The summed E-state index contributed by atoms with van der Waals surface area (Å²) < 4.78 is 68.1. The van der Waals surface area contributed by atoms with Gasteiger partial charge >= 0.3 is 10.4 Å². The van der Waals surface area contributed by atoms with Gasteiger partial charge in [-0.1, -0.05) is 40.2 Å². The minimum atomic E-state index is -4.63. The molecule has 1 amide bonds. The lowest BCUT2D eigenvalue weighted by Gasteiger charge is -2.66. The first-order valence-electron chi connectivity index (χ1n) is 13.7. The van der Waals surface area contributed by atoms with E-state index in [1.54, 1.807) is 0 Å². The molecule has 0 aromatic carbocycles. The van der Waals surface area contributed by atoms with E-state index in [-0.39, 0.29) is 34.6 Å². The molecule has 9 nitrogen and oxygen atoms in total. The molecular weight excluding hydrogens is 530 g/mol. The molecule has 38 heavy (non-hydrogen) atoms. The Morgan fingerprint density at radius 2 is 1.74 bits per heavy atom. The number of amides is 1. The van der Waals surface area contributed by atoms with Gasteiger partial charge in [0.25, 0.3) is 10.1 Å². The van der Waals surface area contributed by atoms with E-state index >= 15 is 0 Å². The quantitative estimate of drug-likeness (QED) is 0.312. The third kappa shape index (κ3) is 5.86. The second-order valence-electron chi connectivity index (χ2n) is 13.1. The highest BCUT2D eigenvalue weighted by Gasteiger charge is 2.61. The van der Waals surface area contributed by atoms with Gasteiger partial charge in [0.15, 0.2) is 0 Å². The molecule has 0 aromatic rings. The maximum Gasteiger partial charge on any atom is 0.445 e. The van der Waals surface area contributed by atoms with Gasteiger partial charge in [-0.2, -0.15) is 16.8 Å². The summed E-state index contributed by atoms with van der Waals surface area (Å²) in [7, 11) is -8.79. The van der Waals surface area contributed by atoms with Crippen molar-refractivity contribution in [1.82, 2.24) is 4.90 Å². The van der Waals surface area contributed by atoms with Gasteiger partial charge in [-0.3, -0.25) is 13.9 Å². The Balaban J connectivity index is 1.58. The van der Waals surface area contributed by atoms with Crippen molar-refractivity contribution in [1.29, 1.82) is 0 Å². The van der Waals surface area contributed by atoms with Crippen LogP contribution in [-0.2, 0) is 29.5 Å². The van der Waals surface area contributed by atoms with E-state index in [1.165, 1.54) is 30.4 Å². The van der Waals surface area contributed by atoms with Gasteiger partial charge in [-0.15, -0.1) is 0 Å². The zero-order chi connectivity index (χ0) is 28.1. The molecule has 0 unspecified atom stereocenters. The van der Waals surface area contributed by atoms with Gasteiger partial charge < -0.3 is 9.08 Å². The Morgan fingerprint density at radius 1 is 1.03 bits per heavy atom. The van der Waals surface area contributed by atoms with Crippen LogP contribution in [0.4, 0.5) is 0 Å². The van der Waals surface area contributed by atoms with Crippen molar-refractivity contribution in [3.05, 3.63) is 23.5 Å². The van der Waals surface area contributed by atoms with Gasteiger partial charge in [-0.05, 0) is 90.9 Å². The summed E-state index contributed by atoms with van der Waals surface area (Å²) in [4.78, 5) is 14.4. The zero-order valence-corrected chi connectivity index (χ0v) is 24.6. The standard InChI is InChI=1S/C27H43NO8S2/c1-25(2)12-5-13-27(4)22(25)10-14-26(3)21(20(7-9-23(26)27)18-36-38(33,34)35)8-6-19-11-15-28(24(19)29)16-17-37(30,31)32/h11,18,21-23H,5-10,12-17H2,1-4H3,(H,30,31,32)(H,33,34,35)/b20-18+/t21-,22-,23-,26+,27-/m0/s1. The van der Waals surface area contributed by atoms with Crippen LogP contribution in [0, 0.1) is 34.0 Å². The molecule has 2 N–H and O–H groups in total. The lowest BCUT2D eigenvalue weighted by Crippen LogP contribution is -2.58. The van der Waals surface area contributed by atoms with Crippen LogP contribution in [0.15, 0.2) is 23.5 Å². The van der Waals surface area contributed by atoms with Crippen LogP contribution < -0.4 is 0 Å². The van der Waals surface area contributed by atoms with Crippen molar-refractivity contribution >= 4 is 26.4 Å². The number of allylic oxidation sites excluding steroid dienone is 1. The summed E-state index contributed by atoms with van der Waals surface area (Å²) >= 11 is 0. The number of carbonyl (C=O) groups excluding carboxylic acids is 1. The fourth-order valence-corrected chi connectivity index (χ4v) is 9.67. The summed E-state index contributed by atoms with van der Waals surface area (Å²) in [6.45, 7) is 9.80. The Hall–Kier alpha value is -1.43. The van der Waals surface area contributed by atoms with E-state index < -0.39 is 26.3 Å². The Morgan fingerprint density at radius 3 is 2.39 bits per heavy atom. The Bertz CT molecular complexity index is 1220. The average molecular weight is 574 g/mol. The fourth-order valence-electron chi connectivity index (χ4n) is 8.97. The number of rotatable bonds is 8. The summed E-state index contributed by atoms with van der Waals surface area (Å²) in [5.41, 5.74) is 1.81. The maximum atomic E-state index is 12.9. The molecule has 0 bridgehead atoms. The lowest BCUT2D eigenvalue weighted by molar-refractivity contribution is -0.154. The van der Waals surface area contributed by atoms with Gasteiger partial charge in [-0.25, -0.2) is 0 Å². The first-order valence-corrected chi connectivity index (χ1v) is 16.7. The minimum Gasteiger partial charge on any atom is -0.370 e. The topological polar surface area (TPSA) is 138 Å². The van der Waals surface area contributed by atoms with E-state index in [0.717, 1.165) is 24.8 Å². The highest BCUT2D eigenvalue weighted by atomic mass is 32.3. The molecule has 0 saturated heterocycles. The molecule has 4 aliphatic rings. The maximum absolute atomic E-state index is 12.9.